The van der Waals surface area contributed by atoms with E-state index in [1.165, 1.54) is 5.69 Å². The molecular weight excluding hydrogens is 394 g/mol. The third-order valence-corrected chi connectivity index (χ3v) is 5.79. The normalized spacial score (nSPS) is 14.1. The molecule has 7 nitrogen and oxygen atoms in total. The van der Waals surface area contributed by atoms with E-state index in [1.54, 1.807) is 26.2 Å². The maximum atomic E-state index is 12.6. The minimum atomic E-state index is -0.0247. The summed E-state index contributed by atoms with van der Waals surface area (Å²) in [6.45, 7) is 2.48. The Morgan fingerprint density at radius 3 is 2.29 bits per heavy atom. The average molecular weight is 428 g/mol. The Balaban J connectivity index is 1.44. The maximum Gasteiger partial charge on any atom is 0.317 e. The first kappa shape index (κ1) is 22.6. The number of urea groups is 1. The Bertz CT molecular complexity index is 848. The van der Waals surface area contributed by atoms with Crippen LogP contribution in [0.25, 0.3) is 0 Å². The molecule has 1 aliphatic heterocycles. The number of anilines is 1. The second-order valence-electron chi connectivity index (χ2n) is 7.77. The van der Waals surface area contributed by atoms with Crippen molar-refractivity contribution in [1.29, 1.82) is 0 Å². The van der Waals surface area contributed by atoms with Crippen LogP contribution in [0.2, 0.25) is 0 Å². The fraction of sp³-hybridized carbons (Fsp3) is 0.458. The number of likely N-dealkylation sites (N-methyl/N-ethyl adjacent to an activating group) is 1. The number of hydrogen-bond donors (Lipinski definition) is 1. The van der Waals surface area contributed by atoms with Crippen LogP contribution in [0, 0.1) is 0 Å². The standard InChI is InChI=1S/C24H33N3O4/c1-26(14-11-18-5-10-22(30-3)23(17-18)31-4)24(28)25-19-12-15-27(16-13-19)20-6-8-21(29-2)9-7-20/h5-10,17,19H,11-16H2,1-4H3,(H,25,28). The molecule has 1 N–H and O–H groups in total. The molecule has 2 amide bonds. The number of methoxy groups -OCH3 is 3. The highest BCUT2D eigenvalue weighted by atomic mass is 16.5. The Morgan fingerprint density at radius 2 is 1.68 bits per heavy atom. The summed E-state index contributed by atoms with van der Waals surface area (Å²) in [5.41, 5.74) is 2.29. The van der Waals surface area contributed by atoms with Crippen LogP contribution in [0.15, 0.2) is 42.5 Å². The van der Waals surface area contributed by atoms with E-state index in [4.69, 9.17) is 14.2 Å². The maximum absolute atomic E-state index is 12.6. The second kappa shape index (κ2) is 10.8. The van der Waals surface area contributed by atoms with Gasteiger partial charge in [0.2, 0.25) is 0 Å². The number of rotatable bonds is 8. The number of nitrogens with zero attached hydrogens (tertiary/aromatic N) is 2. The molecule has 0 aliphatic carbocycles. The highest BCUT2D eigenvalue weighted by molar-refractivity contribution is 5.74. The minimum absolute atomic E-state index is 0.0247. The number of amides is 2. The lowest BCUT2D eigenvalue weighted by Crippen LogP contribution is -2.48. The Hall–Kier alpha value is -3.09. The van der Waals surface area contributed by atoms with Crippen LogP contribution in [0.5, 0.6) is 17.2 Å². The number of hydrogen-bond acceptors (Lipinski definition) is 5. The van der Waals surface area contributed by atoms with Gasteiger partial charge in [0.25, 0.3) is 0 Å². The van der Waals surface area contributed by atoms with Gasteiger partial charge in [0.05, 0.1) is 21.3 Å². The number of ether oxygens (including phenoxy) is 3. The van der Waals surface area contributed by atoms with Crippen LogP contribution >= 0.6 is 0 Å². The zero-order chi connectivity index (χ0) is 22.2. The molecule has 168 valence electrons. The molecule has 0 aromatic heterocycles. The molecule has 0 unspecified atom stereocenters. The zero-order valence-electron chi connectivity index (χ0n) is 18.9. The predicted molar refractivity (Wildman–Crippen MR) is 123 cm³/mol. The molecule has 0 saturated carbocycles. The van der Waals surface area contributed by atoms with E-state index in [2.05, 4.69) is 22.3 Å². The van der Waals surface area contributed by atoms with E-state index in [0.717, 1.165) is 43.7 Å². The molecule has 1 aliphatic rings. The van der Waals surface area contributed by atoms with Gasteiger partial charge < -0.3 is 29.3 Å². The number of carbonyl (C=O) groups is 1. The van der Waals surface area contributed by atoms with Gasteiger partial charge >= 0.3 is 6.03 Å². The lowest BCUT2D eigenvalue weighted by Gasteiger charge is -2.34. The second-order valence-corrected chi connectivity index (χ2v) is 7.77. The van der Waals surface area contributed by atoms with Crippen molar-refractivity contribution in [3.05, 3.63) is 48.0 Å². The molecule has 0 bridgehead atoms. The van der Waals surface area contributed by atoms with Crippen LogP contribution in [-0.4, -0.2) is 65.0 Å². The van der Waals surface area contributed by atoms with Crippen molar-refractivity contribution in [1.82, 2.24) is 10.2 Å². The number of benzene rings is 2. The SMILES string of the molecule is COc1ccc(N2CCC(NC(=O)N(C)CCc3ccc(OC)c(OC)c3)CC2)cc1. The van der Waals surface area contributed by atoms with Crippen molar-refractivity contribution in [2.75, 3.05) is 52.9 Å². The molecule has 0 atom stereocenters. The first-order valence-electron chi connectivity index (χ1n) is 10.7. The average Bonchev–Trinajstić information content (AvgIpc) is 2.82. The fourth-order valence-corrected chi connectivity index (χ4v) is 3.79. The van der Waals surface area contributed by atoms with E-state index in [9.17, 15) is 4.79 Å². The van der Waals surface area contributed by atoms with Gasteiger partial charge in [-0.05, 0) is 61.2 Å². The third-order valence-electron chi connectivity index (χ3n) is 5.79. The van der Waals surface area contributed by atoms with Crippen molar-refractivity contribution < 1.29 is 19.0 Å². The summed E-state index contributed by atoms with van der Waals surface area (Å²) in [6, 6.07) is 14.2. The minimum Gasteiger partial charge on any atom is -0.497 e. The third kappa shape index (κ3) is 5.96. The van der Waals surface area contributed by atoms with Gasteiger partial charge in [-0.2, -0.15) is 0 Å². The predicted octanol–water partition coefficient (Wildman–Crippen LogP) is 3.57. The quantitative estimate of drug-likeness (QED) is 0.698. The molecule has 31 heavy (non-hydrogen) atoms. The van der Waals surface area contributed by atoms with Crippen molar-refractivity contribution >= 4 is 11.7 Å². The highest BCUT2D eigenvalue weighted by Gasteiger charge is 2.22. The molecule has 1 saturated heterocycles. The molecule has 1 fully saturated rings. The molecule has 0 radical (unpaired) electrons. The molecule has 0 spiro atoms. The van der Waals surface area contributed by atoms with Crippen LogP contribution < -0.4 is 24.4 Å². The van der Waals surface area contributed by atoms with Gasteiger partial charge in [-0.15, -0.1) is 0 Å². The van der Waals surface area contributed by atoms with E-state index >= 15 is 0 Å². The highest BCUT2D eigenvalue weighted by Crippen LogP contribution is 2.28. The molecule has 3 rings (SSSR count). The van der Waals surface area contributed by atoms with E-state index in [-0.39, 0.29) is 12.1 Å². The zero-order valence-corrected chi connectivity index (χ0v) is 18.9. The van der Waals surface area contributed by atoms with Gasteiger partial charge in [0.1, 0.15) is 5.75 Å². The van der Waals surface area contributed by atoms with Crippen LogP contribution in [0.4, 0.5) is 10.5 Å². The molecular formula is C24H33N3O4. The van der Waals surface area contributed by atoms with Gasteiger partial charge in [-0.3, -0.25) is 0 Å². The summed E-state index contributed by atoms with van der Waals surface area (Å²) in [5.74, 6) is 2.27. The van der Waals surface area contributed by atoms with Gasteiger partial charge in [-0.1, -0.05) is 6.07 Å². The van der Waals surface area contributed by atoms with Crippen molar-refractivity contribution in [2.24, 2.45) is 0 Å². The van der Waals surface area contributed by atoms with E-state index < -0.39 is 0 Å². The smallest absolute Gasteiger partial charge is 0.317 e. The van der Waals surface area contributed by atoms with Crippen molar-refractivity contribution in [3.8, 4) is 17.2 Å². The summed E-state index contributed by atoms with van der Waals surface area (Å²) in [4.78, 5) is 16.7. The summed E-state index contributed by atoms with van der Waals surface area (Å²) < 4.78 is 15.9. The lowest BCUT2D eigenvalue weighted by molar-refractivity contribution is 0.202. The van der Waals surface area contributed by atoms with E-state index in [1.807, 2.05) is 37.4 Å². The molecule has 1 heterocycles. The number of piperidine rings is 1. The molecule has 7 heteroatoms. The van der Waals surface area contributed by atoms with Gasteiger partial charge in [0.15, 0.2) is 11.5 Å². The first-order valence-corrected chi connectivity index (χ1v) is 10.7. The summed E-state index contributed by atoms with van der Waals surface area (Å²) in [7, 11) is 6.76. The van der Waals surface area contributed by atoms with Crippen molar-refractivity contribution in [2.45, 2.75) is 25.3 Å². The summed E-state index contributed by atoms with van der Waals surface area (Å²) in [5, 5.41) is 3.18. The van der Waals surface area contributed by atoms with Crippen molar-refractivity contribution in [3.63, 3.8) is 0 Å². The monoisotopic (exact) mass is 427 g/mol. The van der Waals surface area contributed by atoms with Crippen LogP contribution in [0.3, 0.4) is 0 Å². The molecule has 2 aromatic carbocycles. The Morgan fingerprint density at radius 1 is 1.00 bits per heavy atom. The summed E-state index contributed by atoms with van der Waals surface area (Å²) in [6.07, 6.45) is 2.61. The lowest BCUT2D eigenvalue weighted by atomic mass is 10.0. The topological polar surface area (TPSA) is 63.3 Å². The van der Waals surface area contributed by atoms with Crippen LogP contribution in [-0.2, 0) is 6.42 Å². The largest absolute Gasteiger partial charge is 0.497 e. The summed E-state index contributed by atoms with van der Waals surface area (Å²) >= 11 is 0. The van der Waals surface area contributed by atoms with Gasteiger partial charge in [0, 0.05) is 38.4 Å². The Labute approximate surface area is 184 Å². The number of nitrogens with one attached hydrogen (secondary N) is 1. The van der Waals surface area contributed by atoms with Gasteiger partial charge in [-0.25, -0.2) is 4.79 Å². The van der Waals surface area contributed by atoms with Crippen LogP contribution in [0.1, 0.15) is 18.4 Å². The molecule has 2 aromatic rings. The fourth-order valence-electron chi connectivity index (χ4n) is 3.79. The van der Waals surface area contributed by atoms with E-state index in [0.29, 0.717) is 18.0 Å². The first-order chi connectivity index (χ1) is 15.0. The Kier molecular flexibility index (Phi) is 7.87. The number of carbonyl (C=O) groups excluding carboxylic acids is 1.